The molecule has 134 valence electrons. The highest BCUT2D eigenvalue weighted by Crippen LogP contribution is 2.40. The van der Waals surface area contributed by atoms with Crippen molar-refractivity contribution < 1.29 is 24.2 Å². The van der Waals surface area contributed by atoms with Crippen LogP contribution in [0.3, 0.4) is 0 Å². The highest BCUT2D eigenvalue weighted by Gasteiger charge is 2.44. The molecule has 1 saturated heterocycles. The third kappa shape index (κ3) is 2.79. The molecule has 6 heteroatoms. The molecule has 6 nitrogen and oxygen atoms in total. The molecule has 2 aromatic carbocycles. The lowest BCUT2D eigenvalue weighted by atomic mass is 9.95. The number of carbonyl (C=O) groups excluding carboxylic acids is 2. The molecule has 1 aliphatic heterocycles. The van der Waals surface area contributed by atoms with Gasteiger partial charge in [-0.1, -0.05) is 36.4 Å². The number of carbonyl (C=O) groups is 2. The molecule has 1 N–H and O–H groups in total. The summed E-state index contributed by atoms with van der Waals surface area (Å²) < 4.78 is 10.5. The highest BCUT2D eigenvalue weighted by atomic mass is 16.5. The van der Waals surface area contributed by atoms with E-state index in [-0.39, 0.29) is 11.3 Å². The third-order valence-corrected chi connectivity index (χ3v) is 4.45. The van der Waals surface area contributed by atoms with Crippen molar-refractivity contribution in [2.75, 3.05) is 21.3 Å². The maximum Gasteiger partial charge on any atom is 0.295 e. The first-order valence-electron chi connectivity index (χ1n) is 8.01. The van der Waals surface area contributed by atoms with E-state index in [0.717, 1.165) is 0 Å². The van der Waals surface area contributed by atoms with Gasteiger partial charge in [0.25, 0.3) is 11.7 Å². The lowest BCUT2D eigenvalue weighted by molar-refractivity contribution is -0.139. The summed E-state index contributed by atoms with van der Waals surface area (Å²) in [5.41, 5.74) is 1.17. The molecule has 1 amide bonds. The van der Waals surface area contributed by atoms with Gasteiger partial charge in [-0.05, 0) is 17.7 Å². The number of ether oxygens (including phenoxy) is 2. The number of ketones is 1. The Hall–Kier alpha value is -3.28. The van der Waals surface area contributed by atoms with E-state index in [1.54, 1.807) is 48.5 Å². The Labute approximate surface area is 151 Å². The molecule has 1 fully saturated rings. The predicted molar refractivity (Wildman–Crippen MR) is 96.1 cm³/mol. The van der Waals surface area contributed by atoms with Gasteiger partial charge < -0.3 is 19.5 Å². The van der Waals surface area contributed by atoms with Crippen LogP contribution in [0.4, 0.5) is 0 Å². The number of likely N-dealkylation sites (tertiary alicyclic amines) is 1. The second-order valence-electron chi connectivity index (χ2n) is 5.89. The smallest absolute Gasteiger partial charge is 0.295 e. The lowest BCUT2D eigenvalue weighted by Crippen LogP contribution is -2.24. The second kappa shape index (κ2) is 6.92. The predicted octanol–water partition coefficient (Wildman–Crippen LogP) is 2.76. The first-order chi connectivity index (χ1) is 12.5. The van der Waals surface area contributed by atoms with Gasteiger partial charge in [0.1, 0.15) is 5.76 Å². The van der Waals surface area contributed by atoms with Gasteiger partial charge in [-0.2, -0.15) is 0 Å². The van der Waals surface area contributed by atoms with Crippen LogP contribution in [0.25, 0.3) is 5.76 Å². The van der Waals surface area contributed by atoms with E-state index >= 15 is 0 Å². The first-order valence-corrected chi connectivity index (χ1v) is 8.01. The van der Waals surface area contributed by atoms with Crippen LogP contribution >= 0.6 is 0 Å². The third-order valence-electron chi connectivity index (χ3n) is 4.45. The zero-order valence-corrected chi connectivity index (χ0v) is 14.7. The topological polar surface area (TPSA) is 76.1 Å². The Morgan fingerprint density at radius 2 is 1.65 bits per heavy atom. The van der Waals surface area contributed by atoms with Crippen molar-refractivity contribution in [2.45, 2.75) is 6.04 Å². The summed E-state index contributed by atoms with van der Waals surface area (Å²) in [4.78, 5) is 26.1. The van der Waals surface area contributed by atoms with Crippen LogP contribution in [0.2, 0.25) is 0 Å². The van der Waals surface area contributed by atoms with Crippen LogP contribution in [0.5, 0.6) is 11.5 Å². The van der Waals surface area contributed by atoms with Gasteiger partial charge in [-0.3, -0.25) is 9.59 Å². The Kier molecular flexibility index (Phi) is 4.67. The Balaban J connectivity index is 2.17. The number of nitrogens with zero attached hydrogens (tertiary/aromatic N) is 1. The normalized spacial score (nSPS) is 18.9. The Morgan fingerprint density at radius 3 is 2.27 bits per heavy atom. The van der Waals surface area contributed by atoms with Crippen molar-refractivity contribution in [3.05, 3.63) is 65.2 Å². The minimum Gasteiger partial charge on any atom is -0.507 e. The van der Waals surface area contributed by atoms with Gasteiger partial charge in [0, 0.05) is 12.6 Å². The van der Waals surface area contributed by atoms with Gasteiger partial charge in [0.2, 0.25) is 0 Å². The molecule has 1 atom stereocenters. The van der Waals surface area contributed by atoms with Gasteiger partial charge in [-0.25, -0.2) is 0 Å². The van der Waals surface area contributed by atoms with Gasteiger partial charge in [-0.15, -0.1) is 0 Å². The number of amides is 1. The molecule has 0 spiro atoms. The van der Waals surface area contributed by atoms with Gasteiger partial charge in [0.05, 0.1) is 25.8 Å². The summed E-state index contributed by atoms with van der Waals surface area (Å²) in [6.45, 7) is 0. The summed E-state index contributed by atoms with van der Waals surface area (Å²) in [6, 6.07) is 13.1. The number of hydrogen-bond acceptors (Lipinski definition) is 5. The van der Waals surface area contributed by atoms with Crippen molar-refractivity contribution in [3.8, 4) is 11.5 Å². The summed E-state index contributed by atoms with van der Waals surface area (Å²) in [6.07, 6.45) is 0. The molecule has 0 radical (unpaired) electrons. The lowest BCUT2D eigenvalue weighted by Gasteiger charge is -2.22. The Bertz CT molecular complexity index is 888. The SMILES string of the molecule is COc1ccc([C@@H]2C(=C(O)c3ccccc3)C(=O)C(=O)N2C)cc1OC. The maximum absolute atomic E-state index is 12.5. The summed E-state index contributed by atoms with van der Waals surface area (Å²) in [5.74, 6) is -0.569. The molecule has 0 aliphatic carbocycles. The molecule has 0 aromatic heterocycles. The average molecular weight is 353 g/mol. The number of hydrogen-bond donors (Lipinski definition) is 1. The number of methoxy groups -OCH3 is 2. The molecule has 1 heterocycles. The van der Waals surface area contributed by atoms with Gasteiger partial charge >= 0.3 is 0 Å². The van der Waals surface area contributed by atoms with Crippen LogP contribution in [0, 0.1) is 0 Å². The summed E-state index contributed by atoms with van der Waals surface area (Å²) >= 11 is 0. The van der Waals surface area contributed by atoms with Crippen LogP contribution in [-0.4, -0.2) is 43.0 Å². The van der Waals surface area contributed by atoms with Crippen LogP contribution in [0.15, 0.2) is 54.1 Å². The molecule has 3 rings (SSSR count). The number of Topliss-reactive ketones (excluding diaryl/α,β-unsaturated/α-hetero) is 1. The monoisotopic (exact) mass is 353 g/mol. The van der Waals surface area contributed by atoms with Crippen LogP contribution in [-0.2, 0) is 9.59 Å². The summed E-state index contributed by atoms with van der Waals surface area (Å²) in [5, 5.41) is 10.7. The molecule has 0 saturated carbocycles. The first kappa shape index (κ1) is 17.5. The van der Waals surface area contributed by atoms with Crippen LogP contribution in [0.1, 0.15) is 17.2 Å². The highest BCUT2D eigenvalue weighted by molar-refractivity contribution is 6.46. The molecular formula is C20H19NO5. The Morgan fingerprint density at radius 1 is 1.00 bits per heavy atom. The minimum absolute atomic E-state index is 0.0518. The van der Waals surface area contributed by atoms with Crippen LogP contribution < -0.4 is 9.47 Å². The second-order valence-corrected chi connectivity index (χ2v) is 5.89. The number of rotatable bonds is 4. The van der Waals surface area contributed by atoms with E-state index < -0.39 is 17.7 Å². The van der Waals surface area contributed by atoms with Crippen molar-refractivity contribution in [1.29, 1.82) is 0 Å². The van der Waals surface area contributed by atoms with E-state index in [4.69, 9.17) is 9.47 Å². The molecule has 0 unspecified atom stereocenters. The molecular weight excluding hydrogens is 334 g/mol. The quantitative estimate of drug-likeness (QED) is 0.520. The fourth-order valence-corrected chi connectivity index (χ4v) is 3.11. The van der Waals surface area contributed by atoms with Crippen molar-refractivity contribution in [3.63, 3.8) is 0 Å². The van der Waals surface area contributed by atoms with Crippen molar-refractivity contribution in [1.82, 2.24) is 4.90 Å². The van der Waals surface area contributed by atoms with E-state index in [2.05, 4.69) is 0 Å². The zero-order valence-electron chi connectivity index (χ0n) is 14.7. The standard InChI is InChI=1S/C20H19NO5/c1-21-17(13-9-10-14(25-2)15(11-13)26-3)16(19(23)20(21)24)18(22)12-7-5-4-6-8-12/h4-11,17,22H,1-3H3/t17-/m1/s1. The molecule has 2 aromatic rings. The minimum atomic E-state index is -0.714. The molecule has 26 heavy (non-hydrogen) atoms. The average Bonchev–Trinajstić information content (AvgIpc) is 2.91. The number of likely N-dealkylation sites (N-methyl/N-ethyl adjacent to an activating group) is 1. The molecule has 1 aliphatic rings. The van der Waals surface area contributed by atoms with E-state index in [9.17, 15) is 14.7 Å². The summed E-state index contributed by atoms with van der Waals surface area (Å²) in [7, 11) is 4.57. The fourth-order valence-electron chi connectivity index (χ4n) is 3.11. The molecule has 0 bridgehead atoms. The van der Waals surface area contributed by atoms with Crippen molar-refractivity contribution in [2.24, 2.45) is 0 Å². The zero-order chi connectivity index (χ0) is 18.8. The van der Waals surface area contributed by atoms with Gasteiger partial charge in [0.15, 0.2) is 11.5 Å². The maximum atomic E-state index is 12.5. The van der Waals surface area contributed by atoms with E-state index in [1.165, 1.54) is 26.2 Å². The fraction of sp³-hybridized carbons (Fsp3) is 0.200. The number of aliphatic hydroxyl groups is 1. The van der Waals surface area contributed by atoms with Crippen molar-refractivity contribution >= 4 is 17.4 Å². The number of benzene rings is 2. The largest absolute Gasteiger partial charge is 0.507 e. The number of aliphatic hydroxyl groups excluding tert-OH is 1. The van der Waals surface area contributed by atoms with E-state index in [1.807, 2.05) is 0 Å². The van der Waals surface area contributed by atoms with E-state index in [0.29, 0.717) is 22.6 Å².